The van der Waals surface area contributed by atoms with Crippen LogP contribution in [0.4, 0.5) is 0 Å². The molecule has 0 unspecified atom stereocenters. The van der Waals surface area contributed by atoms with Crippen LogP contribution < -0.4 is 5.32 Å². The standard InChI is InChI=1S/C24H18N/c1-3-11-19-13-7-9-17-23(21(19)15-5-1)25-24-18-10-8-14-20-12-4-2-6-16-22(20)24/h1-18H. The van der Waals surface area contributed by atoms with Gasteiger partial charge < -0.3 is 0 Å². The van der Waals surface area contributed by atoms with E-state index >= 15 is 0 Å². The first-order valence-corrected chi connectivity index (χ1v) is 8.42. The minimum atomic E-state index is 0.968. The summed E-state index contributed by atoms with van der Waals surface area (Å²) in [6, 6.07) is 0. The molecule has 1 heteroatoms. The summed E-state index contributed by atoms with van der Waals surface area (Å²) in [6.07, 6.45) is 37.4. The van der Waals surface area contributed by atoms with E-state index in [-0.39, 0.29) is 0 Å². The normalized spacial score (nSPS) is 20.5. The number of rotatable bonds is 2. The van der Waals surface area contributed by atoms with Gasteiger partial charge in [0.25, 0.3) is 0 Å². The van der Waals surface area contributed by atoms with Crippen molar-refractivity contribution in [3.8, 4) is 0 Å². The Hall–Kier alpha value is -3.32. The van der Waals surface area contributed by atoms with Gasteiger partial charge in [0.1, 0.15) is 0 Å². The van der Waals surface area contributed by atoms with Crippen molar-refractivity contribution in [3.05, 3.63) is 143 Å². The maximum Gasteiger partial charge on any atom is 0.0715 e. The number of hydrogen-bond donors (Lipinski definition) is 0. The van der Waals surface area contributed by atoms with Crippen LogP contribution >= 0.6 is 0 Å². The molecule has 0 fully saturated rings. The van der Waals surface area contributed by atoms with Crippen molar-refractivity contribution in [2.75, 3.05) is 0 Å². The molecule has 0 atom stereocenters. The molecule has 1 nitrogen and oxygen atoms in total. The molecule has 0 heterocycles. The second kappa shape index (κ2) is 7.06. The van der Waals surface area contributed by atoms with Crippen molar-refractivity contribution in [2.45, 2.75) is 0 Å². The Morgan fingerprint density at radius 3 is 1.36 bits per heavy atom. The summed E-state index contributed by atoms with van der Waals surface area (Å²) in [5, 5.41) is 5.03. The number of hydrogen-bond acceptors (Lipinski definition) is 0. The number of allylic oxidation sites excluding steroid dienone is 20. The largest absolute Gasteiger partial charge is 0.248 e. The second-order valence-electron chi connectivity index (χ2n) is 5.88. The molecule has 0 amide bonds. The van der Waals surface area contributed by atoms with Gasteiger partial charge in [0.15, 0.2) is 0 Å². The minimum absolute atomic E-state index is 0.968. The van der Waals surface area contributed by atoms with Crippen molar-refractivity contribution < 1.29 is 0 Å². The molecular formula is C24H18N. The average Bonchev–Trinajstić information content (AvgIpc) is 3.11. The van der Waals surface area contributed by atoms with Crippen LogP contribution in [0.2, 0.25) is 0 Å². The predicted octanol–water partition coefficient (Wildman–Crippen LogP) is 5.46. The predicted molar refractivity (Wildman–Crippen MR) is 105 cm³/mol. The first kappa shape index (κ1) is 15.2. The molecule has 0 aromatic carbocycles. The topological polar surface area (TPSA) is 14.1 Å². The van der Waals surface area contributed by atoms with Gasteiger partial charge in [0.05, 0.1) is 11.4 Å². The van der Waals surface area contributed by atoms with Crippen molar-refractivity contribution in [2.24, 2.45) is 0 Å². The molecule has 0 spiro atoms. The van der Waals surface area contributed by atoms with Gasteiger partial charge in [0.2, 0.25) is 0 Å². The fourth-order valence-corrected chi connectivity index (χ4v) is 3.00. The van der Waals surface area contributed by atoms with Crippen LogP contribution in [0.3, 0.4) is 0 Å². The van der Waals surface area contributed by atoms with Gasteiger partial charge in [-0.1, -0.05) is 97.2 Å². The maximum absolute atomic E-state index is 5.03. The SMILES string of the molecule is C1=CC=C2C(=CC=CC=C2[N]C2=CC=CC=C3C=CC=CC=C32)C=C1. The lowest BCUT2D eigenvalue weighted by Gasteiger charge is -2.16. The summed E-state index contributed by atoms with van der Waals surface area (Å²) in [5.74, 6) is 0. The van der Waals surface area contributed by atoms with Gasteiger partial charge in [-0.15, -0.1) is 0 Å². The third-order valence-corrected chi connectivity index (χ3v) is 4.22. The van der Waals surface area contributed by atoms with Crippen LogP contribution in [0.25, 0.3) is 0 Å². The minimum Gasteiger partial charge on any atom is -0.248 e. The van der Waals surface area contributed by atoms with E-state index in [1.54, 1.807) is 0 Å². The van der Waals surface area contributed by atoms with Crippen molar-refractivity contribution in [3.63, 3.8) is 0 Å². The smallest absolute Gasteiger partial charge is 0.0715 e. The molecule has 0 saturated heterocycles. The Labute approximate surface area is 148 Å². The van der Waals surface area contributed by atoms with Crippen LogP contribution in [-0.2, 0) is 0 Å². The summed E-state index contributed by atoms with van der Waals surface area (Å²) in [4.78, 5) is 0. The highest BCUT2D eigenvalue weighted by molar-refractivity contribution is 5.62. The molecule has 0 aromatic rings. The van der Waals surface area contributed by atoms with E-state index in [0.29, 0.717) is 0 Å². The molecule has 0 saturated carbocycles. The van der Waals surface area contributed by atoms with E-state index < -0.39 is 0 Å². The lowest BCUT2D eigenvalue weighted by molar-refractivity contribution is 0.982. The summed E-state index contributed by atoms with van der Waals surface area (Å²) >= 11 is 0. The zero-order chi connectivity index (χ0) is 16.9. The second-order valence-corrected chi connectivity index (χ2v) is 5.88. The molecule has 0 bridgehead atoms. The Balaban J connectivity index is 1.71. The molecule has 1 radical (unpaired) electrons. The van der Waals surface area contributed by atoms with Gasteiger partial charge >= 0.3 is 0 Å². The molecule has 4 aliphatic rings. The van der Waals surface area contributed by atoms with Gasteiger partial charge in [0, 0.05) is 11.1 Å². The van der Waals surface area contributed by atoms with E-state index in [1.807, 2.05) is 24.3 Å². The molecule has 119 valence electrons. The molecule has 0 aromatic heterocycles. The molecule has 0 aliphatic heterocycles. The van der Waals surface area contributed by atoms with Crippen molar-refractivity contribution in [1.29, 1.82) is 0 Å². The van der Waals surface area contributed by atoms with Gasteiger partial charge in [-0.05, 0) is 23.3 Å². The molecule has 25 heavy (non-hydrogen) atoms. The molecule has 4 rings (SSSR count). The fraction of sp³-hybridized carbons (Fsp3) is 0. The average molecular weight is 320 g/mol. The van der Waals surface area contributed by atoms with Crippen LogP contribution in [0.1, 0.15) is 0 Å². The summed E-state index contributed by atoms with van der Waals surface area (Å²) < 4.78 is 0. The summed E-state index contributed by atoms with van der Waals surface area (Å²) in [6.45, 7) is 0. The van der Waals surface area contributed by atoms with E-state index in [0.717, 1.165) is 22.5 Å². The Bertz CT molecular complexity index is 864. The van der Waals surface area contributed by atoms with Gasteiger partial charge in [-0.2, -0.15) is 0 Å². The Morgan fingerprint density at radius 1 is 0.400 bits per heavy atom. The van der Waals surface area contributed by atoms with E-state index in [1.165, 1.54) is 11.1 Å². The third kappa shape index (κ3) is 3.31. The zero-order valence-corrected chi connectivity index (χ0v) is 13.8. The first-order valence-electron chi connectivity index (χ1n) is 8.42. The monoisotopic (exact) mass is 320 g/mol. The highest BCUT2D eigenvalue weighted by atomic mass is 14.9. The summed E-state index contributed by atoms with van der Waals surface area (Å²) in [7, 11) is 0. The fourth-order valence-electron chi connectivity index (χ4n) is 3.00. The molecule has 4 aliphatic carbocycles. The lowest BCUT2D eigenvalue weighted by atomic mass is 9.99. The summed E-state index contributed by atoms with van der Waals surface area (Å²) in [5.41, 5.74) is 6.54. The highest BCUT2D eigenvalue weighted by Gasteiger charge is 2.17. The number of fused-ring (bicyclic) bond motifs is 2. The Kier molecular flexibility index (Phi) is 4.30. The van der Waals surface area contributed by atoms with Gasteiger partial charge in [-0.25, -0.2) is 5.32 Å². The number of nitrogens with zero attached hydrogens (tertiary/aromatic N) is 1. The van der Waals surface area contributed by atoms with Gasteiger partial charge in [-0.3, -0.25) is 0 Å². The van der Waals surface area contributed by atoms with E-state index in [4.69, 9.17) is 5.32 Å². The third-order valence-electron chi connectivity index (χ3n) is 4.22. The van der Waals surface area contributed by atoms with Crippen LogP contribution in [0.15, 0.2) is 143 Å². The van der Waals surface area contributed by atoms with Crippen LogP contribution in [0.5, 0.6) is 0 Å². The Morgan fingerprint density at radius 2 is 0.840 bits per heavy atom. The van der Waals surface area contributed by atoms with Crippen LogP contribution in [0, 0.1) is 0 Å². The van der Waals surface area contributed by atoms with Crippen LogP contribution in [-0.4, -0.2) is 0 Å². The van der Waals surface area contributed by atoms with E-state index in [9.17, 15) is 0 Å². The first-order chi connectivity index (χ1) is 12.4. The molecule has 0 N–H and O–H groups in total. The van der Waals surface area contributed by atoms with E-state index in [2.05, 4.69) is 85.1 Å². The lowest BCUT2D eigenvalue weighted by Crippen LogP contribution is -2.10. The van der Waals surface area contributed by atoms with Crippen molar-refractivity contribution in [1.82, 2.24) is 5.32 Å². The quantitative estimate of drug-likeness (QED) is 0.642. The van der Waals surface area contributed by atoms with Crippen molar-refractivity contribution >= 4 is 0 Å². The highest BCUT2D eigenvalue weighted by Crippen LogP contribution is 2.30. The maximum atomic E-state index is 5.03. The zero-order valence-electron chi connectivity index (χ0n) is 13.8. The molecular weight excluding hydrogens is 302 g/mol.